The average molecular weight is 269 g/mol. The third-order valence-electron chi connectivity index (χ3n) is 2.92. The van der Waals surface area contributed by atoms with Crippen molar-refractivity contribution in [1.82, 2.24) is 0 Å². The average Bonchev–Trinajstić information content (AvgIpc) is 2.36. The van der Waals surface area contributed by atoms with E-state index in [-0.39, 0.29) is 16.7 Å². The van der Waals surface area contributed by atoms with Gasteiger partial charge in [0.1, 0.15) is 11.6 Å². The molecule has 2 rings (SSSR count). The smallest absolute Gasteiger partial charge is 0.159 e. The lowest BCUT2D eigenvalue weighted by Gasteiger charge is -2.15. The molecule has 0 aliphatic carbocycles. The fraction of sp³-hybridized carbons (Fsp3) is 0.143. The first-order valence-corrected chi connectivity index (χ1v) is 5.56. The van der Waals surface area contributed by atoms with E-state index < -0.39 is 29.3 Å². The van der Waals surface area contributed by atoms with Crippen molar-refractivity contribution in [3.8, 4) is 0 Å². The van der Waals surface area contributed by atoms with E-state index in [2.05, 4.69) is 0 Å². The zero-order valence-corrected chi connectivity index (χ0v) is 10.1. The van der Waals surface area contributed by atoms with Crippen molar-refractivity contribution >= 4 is 0 Å². The number of benzene rings is 2. The van der Waals surface area contributed by atoms with Crippen LogP contribution in [0.4, 0.5) is 17.6 Å². The Kier molecular flexibility index (Phi) is 3.57. The van der Waals surface area contributed by atoms with Crippen molar-refractivity contribution in [3.63, 3.8) is 0 Å². The van der Waals surface area contributed by atoms with E-state index in [0.717, 1.165) is 18.2 Å². The summed E-state index contributed by atoms with van der Waals surface area (Å²) in [7, 11) is 0. The first kappa shape index (κ1) is 13.5. The first-order valence-electron chi connectivity index (χ1n) is 5.56. The van der Waals surface area contributed by atoms with Crippen LogP contribution < -0.4 is 5.73 Å². The number of rotatable bonds is 2. The summed E-state index contributed by atoms with van der Waals surface area (Å²) in [5, 5.41) is 0. The largest absolute Gasteiger partial charge is 0.320 e. The summed E-state index contributed by atoms with van der Waals surface area (Å²) in [5.41, 5.74) is 6.28. The molecule has 0 aliphatic rings. The Morgan fingerprint density at radius 2 is 1.53 bits per heavy atom. The van der Waals surface area contributed by atoms with Gasteiger partial charge in [-0.2, -0.15) is 0 Å². The van der Waals surface area contributed by atoms with Crippen LogP contribution in [0.3, 0.4) is 0 Å². The zero-order valence-electron chi connectivity index (χ0n) is 10.1. The molecule has 2 aromatic carbocycles. The van der Waals surface area contributed by atoms with Crippen LogP contribution in [0.5, 0.6) is 0 Å². The summed E-state index contributed by atoms with van der Waals surface area (Å²) in [5.74, 6) is -3.57. The lowest BCUT2D eigenvalue weighted by atomic mass is 9.97. The normalized spacial score (nSPS) is 12.5. The quantitative estimate of drug-likeness (QED) is 0.828. The lowest BCUT2D eigenvalue weighted by molar-refractivity contribution is 0.505. The van der Waals surface area contributed by atoms with Gasteiger partial charge in [-0.15, -0.1) is 0 Å². The van der Waals surface area contributed by atoms with E-state index >= 15 is 0 Å². The van der Waals surface area contributed by atoms with Crippen molar-refractivity contribution in [2.75, 3.05) is 0 Å². The standard InChI is InChI=1S/C14H11F4N/c1-7-4-9(12(17)6-11(7)16)14(19)8-2-3-10(15)13(18)5-8/h2-6,14H,19H2,1H3. The molecule has 0 saturated heterocycles. The molecule has 1 unspecified atom stereocenters. The number of hydrogen-bond acceptors (Lipinski definition) is 1. The van der Waals surface area contributed by atoms with Gasteiger partial charge in [0.2, 0.25) is 0 Å². The summed E-state index contributed by atoms with van der Waals surface area (Å²) in [6.45, 7) is 1.47. The van der Waals surface area contributed by atoms with Gasteiger partial charge in [0.05, 0.1) is 6.04 Å². The molecule has 0 aliphatic heterocycles. The minimum atomic E-state index is -1.06. The van der Waals surface area contributed by atoms with Gasteiger partial charge in [-0.3, -0.25) is 0 Å². The summed E-state index contributed by atoms with van der Waals surface area (Å²) in [6, 6.07) is 4.08. The molecule has 0 radical (unpaired) electrons. The number of hydrogen-bond donors (Lipinski definition) is 1. The zero-order chi connectivity index (χ0) is 14.2. The highest BCUT2D eigenvalue weighted by Gasteiger charge is 2.17. The summed E-state index contributed by atoms with van der Waals surface area (Å²) < 4.78 is 52.7. The van der Waals surface area contributed by atoms with Gasteiger partial charge in [0.15, 0.2) is 11.6 Å². The Morgan fingerprint density at radius 3 is 2.16 bits per heavy atom. The highest BCUT2D eigenvalue weighted by molar-refractivity contribution is 5.35. The van der Waals surface area contributed by atoms with Crippen LogP contribution in [0.25, 0.3) is 0 Å². The van der Waals surface area contributed by atoms with Crippen LogP contribution in [0, 0.1) is 30.2 Å². The SMILES string of the molecule is Cc1cc(C(N)c2ccc(F)c(F)c2)c(F)cc1F. The van der Waals surface area contributed by atoms with Crippen molar-refractivity contribution < 1.29 is 17.6 Å². The van der Waals surface area contributed by atoms with Gasteiger partial charge in [-0.1, -0.05) is 6.07 Å². The summed E-state index contributed by atoms with van der Waals surface area (Å²) in [4.78, 5) is 0. The third kappa shape index (κ3) is 2.61. The van der Waals surface area contributed by atoms with Crippen LogP contribution >= 0.6 is 0 Å². The van der Waals surface area contributed by atoms with Gasteiger partial charge >= 0.3 is 0 Å². The molecule has 0 heterocycles. The Balaban J connectivity index is 2.46. The number of halogens is 4. The Morgan fingerprint density at radius 1 is 0.842 bits per heavy atom. The molecule has 0 saturated carbocycles. The highest BCUT2D eigenvalue weighted by Crippen LogP contribution is 2.25. The second kappa shape index (κ2) is 5.01. The fourth-order valence-electron chi connectivity index (χ4n) is 1.80. The topological polar surface area (TPSA) is 26.0 Å². The Labute approximate surface area is 107 Å². The van der Waals surface area contributed by atoms with Gasteiger partial charge in [-0.05, 0) is 36.2 Å². The van der Waals surface area contributed by atoms with E-state index in [1.54, 1.807) is 0 Å². The van der Waals surface area contributed by atoms with E-state index in [0.29, 0.717) is 0 Å². The minimum absolute atomic E-state index is 0.0323. The van der Waals surface area contributed by atoms with Crippen LogP contribution in [-0.4, -0.2) is 0 Å². The van der Waals surface area contributed by atoms with Gasteiger partial charge in [0.25, 0.3) is 0 Å². The van der Waals surface area contributed by atoms with Crippen molar-refractivity contribution in [2.24, 2.45) is 5.73 Å². The molecule has 19 heavy (non-hydrogen) atoms. The maximum Gasteiger partial charge on any atom is 0.159 e. The predicted octanol–water partition coefficient (Wildman–Crippen LogP) is 3.60. The Bertz CT molecular complexity index is 625. The van der Waals surface area contributed by atoms with E-state index in [1.807, 2.05) is 0 Å². The first-order chi connectivity index (χ1) is 8.90. The predicted molar refractivity (Wildman–Crippen MR) is 63.5 cm³/mol. The fourth-order valence-corrected chi connectivity index (χ4v) is 1.80. The molecule has 0 bridgehead atoms. The molecule has 5 heteroatoms. The molecular formula is C14H11F4N. The summed E-state index contributed by atoms with van der Waals surface area (Å²) in [6.07, 6.45) is 0. The molecule has 2 N–H and O–H groups in total. The van der Waals surface area contributed by atoms with Gasteiger partial charge in [-0.25, -0.2) is 17.6 Å². The monoisotopic (exact) mass is 269 g/mol. The second-order valence-corrected chi connectivity index (χ2v) is 4.27. The minimum Gasteiger partial charge on any atom is -0.320 e. The molecule has 0 aromatic heterocycles. The summed E-state index contributed by atoms with van der Waals surface area (Å²) >= 11 is 0. The van der Waals surface area contributed by atoms with Gasteiger partial charge < -0.3 is 5.73 Å². The molecule has 100 valence electrons. The van der Waals surface area contributed by atoms with Crippen molar-refractivity contribution in [2.45, 2.75) is 13.0 Å². The van der Waals surface area contributed by atoms with Crippen molar-refractivity contribution in [3.05, 3.63) is 70.3 Å². The molecule has 1 nitrogen and oxygen atoms in total. The van der Waals surface area contributed by atoms with Crippen LogP contribution in [0.2, 0.25) is 0 Å². The molecular weight excluding hydrogens is 258 g/mol. The van der Waals surface area contributed by atoms with Gasteiger partial charge in [0, 0.05) is 11.6 Å². The molecule has 0 amide bonds. The maximum absolute atomic E-state index is 13.7. The Hall–Kier alpha value is -1.88. The highest BCUT2D eigenvalue weighted by atomic mass is 19.2. The maximum atomic E-state index is 13.7. The van der Waals surface area contributed by atoms with Crippen molar-refractivity contribution in [1.29, 1.82) is 0 Å². The van der Waals surface area contributed by atoms with Crippen LogP contribution in [0.15, 0.2) is 30.3 Å². The third-order valence-corrected chi connectivity index (χ3v) is 2.92. The lowest BCUT2D eigenvalue weighted by Crippen LogP contribution is -2.14. The van der Waals surface area contributed by atoms with Crippen LogP contribution in [-0.2, 0) is 0 Å². The van der Waals surface area contributed by atoms with E-state index in [1.165, 1.54) is 19.1 Å². The number of aryl methyl sites for hydroxylation is 1. The molecule has 0 fully saturated rings. The molecule has 2 aromatic rings. The van der Waals surface area contributed by atoms with E-state index in [4.69, 9.17) is 5.73 Å². The van der Waals surface area contributed by atoms with E-state index in [9.17, 15) is 17.6 Å². The second-order valence-electron chi connectivity index (χ2n) is 4.27. The molecule has 1 atom stereocenters. The number of nitrogens with two attached hydrogens (primary N) is 1. The van der Waals surface area contributed by atoms with Crippen LogP contribution in [0.1, 0.15) is 22.7 Å². The molecule has 0 spiro atoms.